The number of aryl methyl sites for hydroxylation is 1. The molecule has 0 unspecified atom stereocenters. The Morgan fingerprint density at radius 2 is 1.41 bits per heavy atom. The maximum atomic E-state index is 10.3. The molecule has 0 aliphatic rings. The van der Waals surface area contributed by atoms with Crippen LogP contribution in [-0.4, -0.2) is 61.6 Å². The van der Waals surface area contributed by atoms with Gasteiger partial charge in [0.05, 0.1) is 30.4 Å². The van der Waals surface area contributed by atoms with E-state index < -0.39 is 12.2 Å². The lowest BCUT2D eigenvalue weighted by atomic mass is 9.78. The number of aromatic nitrogens is 3. The van der Waals surface area contributed by atoms with Gasteiger partial charge < -0.3 is 24.8 Å². The van der Waals surface area contributed by atoms with Crippen LogP contribution in [0.1, 0.15) is 36.4 Å². The highest BCUT2D eigenvalue weighted by atomic mass is 35.5. The van der Waals surface area contributed by atoms with Crippen molar-refractivity contribution < 1.29 is 24.8 Å². The molecule has 9 heteroatoms. The van der Waals surface area contributed by atoms with Crippen LogP contribution >= 0.6 is 11.6 Å². The number of aliphatic hydroxyl groups excluding tert-OH is 3. The zero-order chi connectivity index (χ0) is 24.7. The van der Waals surface area contributed by atoms with Gasteiger partial charge >= 0.3 is 0 Å². The Bertz CT molecular complexity index is 1040. The van der Waals surface area contributed by atoms with E-state index in [0.29, 0.717) is 22.9 Å². The predicted molar refractivity (Wildman–Crippen MR) is 129 cm³/mol. The first-order valence-corrected chi connectivity index (χ1v) is 11.7. The van der Waals surface area contributed by atoms with Crippen LogP contribution < -0.4 is 9.47 Å². The molecule has 2 atom stereocenters. The molecule has 0 radical (unpaired) electrons. The van der Waals surface area contributed by atoms with Crippen molar-refractivity contribution in [3.8, 4) is 11.5 Å². The standard InChI is InChI=1S/C25H32ClN3O5/c1-17-24(14-30)29(28-27-17)13-21(32)16-34-23-10-6-19(7-11-23)25(2,3)18-4-8-22(9-5-18)33-15-20(31)12-26/h4-11,20-21,30-32H,12-16H2,1-3H3/t20-,21+/m1/s1. The van der Waals surface area contributed by atoms with Crippen molar-refractivity contribution in [1.82, 2.24) is 15.0 Å². The van der Waals surface area contributed by atoms with E-state index in [0.717, 1.165) is 11.1 Å². The molecule has 0 spiro atoms. The second kappa shape index (κ2) is 11.7. The molecule has 3 N–H and O–H groups in total. The van der Waals surface area contributed by atoms with Crippen molar-refractivity contribution in [1.29, 1.82) is 0 Å². The number of benzene rings is 2. The number of hydrogen-bond donors (Lipinski definition) is 3. The highest BCUT2D eigenvalue weighted by molar-refractivity contribution is 6.18. The van der Waals surface area contributed by atoms with Gasteiger partial charge in [-0.05, 0) is 42.3 Å². The van der Waals surface area contributed by atoms with Gasteiger partial charge in [0, 0.05) is 5.41 Å². The Balaban J connectivity index is 1.57. The minimum atomic E-state index is -0.797. The van der Waals surface area contributed by atoms with Crippen LogP contribution in [0.5, 0.6) is 11.5 Å². The highest BCUT2D eigenvalue weighted by Gasteiger charge is 2.23. The lowest BCUT2D eigenvalue weighted by Crippen LogP contribution is -2.25. The van der Waals surface area contributed by atoms with Gasteiger partial charge in [-0.2, -0.15) is 0 Å². The first-order valence-electron chi connectivity index (χ1n) is 11.1. The second-order valence-electron chi connectivity index (χ2n) is 8.72. The maximum Gasteiger partial charge on any atom is 0.119 e. The summed E-state index contributed by atoms with van der Waals surface area (Å²) in [6.45, 7) is 6.29. The molecule has 3 rings (SSSR count). The molecule has 184 valence electrons. The monoisotopic (exact) mass is 489 g/mol. The average Bonchev–Trinajstić information content (AvgIpc) is 3.20. The number of halogens is 1. The molecule has 0 saturated carbocycles. The molecule has 1 aromatic heterocycles. The molecule has 2 aromatic carbocycles. The molecular formula is C25H32ClN3O5. The Labute approximate surface area is 204 Å². The largest absolute Gasteiger partial charge is 0.491 e. The number of rotatable bonds is 12. The molecule has 0 fully saturated rings. The fourth-order valence-electron chi connectivity index (χ4n) is 3.55. The summed E-state index contributed by atoms with van der Waals surface area (Å²) in [5, 5.41) is 37.1. The maximum absolute atomic E-state index is 10.3. The minimum absolute atomic E-state index is 0.0897. The molecule has 0 aliphatic carbocycles. The minimum Gasteiger partial charge on any atom is -0.491 e. The van der Waals surface area contributed by atoms with E-state index in [9.17, 15) is 15.3 Å². The fourth-order valence-corrected chi connectivity index (χ4v) is 3.64. The lowest BCUT2D eigenvalue weighted by molar-refractivity contribution is 0.0866. The molecule has 1 heterocycles. The van der Waals surface area contributed by atoms with Gasteiger partial charge in [-0.3, -0.25) is 0 Å². The van der Waals surface area contributed by atoms with Crippen LogP contribution in [-0.2, 0) is 18.6 Å². The Kier molecular flexibility index (Phi) is 8.90. The van der Waals surface area contributed by atoms with Gasteiger partial charge in [0.25, 0.3) is 0 Å². The van der Waals surface area contributed by atoms with Gasteiger partial charge in [-0.25, -0.2) is 4.68 Å². The van der Waals surface area contributed by atoms with Gasteiger partial charge in [-0.15, -0.1) is 16.7 Å². The zero-order valence-electron chi connectivity index (χ0n) is 19.7. The van der Waals surface area contributed by atoms with Crippen LogP contribution in [0.25, 0.3) is 0 Å². The first-order chi connectivity index (χ1) is 16.2. The third-order valence-electron chi connectivity index (χ3n) is 5.78. The summed E-state index contributed by atoms with van der Waals surface area (Å²) in [7, 11) is 0. The second-order valence-corrected chi connectivity index (χ2v) is 9.03. The first kappa shape index (κ1) is 26.0. The third-order valence-corrected chi connectivity index (χ3v) is 6.14. The number of aliphatic hydroxyl groups is 3. The van der Waals surface area contributed by atoms with Crippen LogP contribution in [0.4, 0.5) is 0 Å². The molecular weight excluding hydrogens is 458 g/mol. The number of hydrogen-bond acceptors (Lipinski definition) is 7. The Morgan fingerprint density at radius 1 is 0.912 bits per heavy atom. The zero-order valence-corrected chi connectivity index (χ0v) is 20.4. The SMILES string of the molecule is Cc1nnn(C[C@H](O)COc2ccc(C(C)(C)c3ccc(OC[C@H](O)CCl)cc3)cc2)c1CO. The predicted octanol–water partition coefficient (Wildman–Crippen LogP) is 2.82. The third kappa shape index (κ3) is 6.48. The van der Waals surface area contributed by atoms with E-state index in [2.05, 4.69) is 24.2 Å². The number of ether oxygens (including phenoxy) is 2. The molecule has 0 bridgehead atoms. The normalized spacial score (nSPS) is 13.5. The summed E-state index contributed by atoms with van der Waals surface area (Å²) in [5.41, 5.74) is 3.19. The summed E-state index contributed by atoms with van der Waals surface area (Å²) >= 11 is 5.60. The molecule has 34 heavy (non-hydrogen) atoms. The Morgan fingerprint density at radius 3 is 1.88 bits per heavy atom. The molecule has 0 amide bonds. The van der Waals surface area contributed by atoms with E-state index in [4.69, 9.17) is 21.1 Å². The van der Waals surface area contributed by atoms with E-state index in [1.807, 2.05) is 48.5 Å². The van der Waals surface area contributed by atoms with E-state index >= 15 is 0 Å². The van der Waals surface area contributed by atoms with Gasteiger partial charge in [0.2, 0.25) is 0 Å². The number of nitrogens with zero attached hydrogens (tertiary/aromatic N) is 3. The summed E-state index contributed by atoms with van der Waals surface area (Å²) in [6, 6.07) is 15.6. The van der Waals surface area contributed by atoms with Crippen LogP contribution in [0.15, 0.2) is 48.5 Å². The van der Waals surface area contributed by atoms with Crippen molar-refractivity contribution in [3.63, 3.8) is 0 Å². The molecule has 0 saturated heterocycles. The van der Waals surface area contributed by atoms with Crippen molar-refractivity contribution in [2.24, 2.45) is 0 Å². The van der Waals surface area contributed by atoms with Crippen molar-refractivity contribution >= 4 is 11.6 Å². The van der Waals surface area contributed by atoms with Crippen molar-refractivity contribution in [2.75, 3.05) is 19.1 Å². The van der Waals surface area contributed by atoms with Crippen molar-refractivity contribution in [2.45, 2.75) is 51.5 Å². The van der Waals surface area contributed by atoms with Crippen molar-refractivity contribution in [3.05, 3.63) is 71.0 Å². The lowest BCUT2D eigenvalue weighted by Gasteiger charge is -2.26. The molecule has 0 aliphatic heterocycles. The van der Waals surface area contributed by atoms with E-state index in [1.165, 1.54) is 4.68 Å². The summed E-state index contributed by atoms with van der Waals surface area (Å²) in [5.74, 6) is 1.46. The smallest absolute Gasteiger partial charge is 0.119 e. The Hall–Kier alpha value is -2.65. The van der Waals surface area contributed by atoms with Gasteiger partial charge in [0.15, 0.2) is 0 Å². The quantitative estimate of drug-likeness (QED) is 0.335. The molecule has 8 nitrogen and oxygen atoms in total. The average molecular weight is 490 g/mol. The van der Waals surface area contributed by atoms with Crippen LogP contribution in [0.3, 0.4) is 0 Å². The summed E-state index contributed by atoms with van der Waals surface area (Å²) in [6.07, 6.45) is -1.49. The summed E-state index contributed by atoms with van der Waals surface area (Å²) < 4.78 is 12.8. The highest BCUT2D eigenvalue weighted by Crippen LogP contribution is 2.33. The fraction of sp³-hybridized carbons (Fsp3) is 0.440. The number of alkyl halides is 1. The molecule has 3 aromatic rings. The van der Waals surface area contributed by atoms with Gasteiger partial charge in [-0.1, -0.05) is 43.3 Å². The van der Waals surface area contributed by atoms with E-state index in [1.54, 1.807) is 6.92 Å². The van der Waals surface area contributed by atoms with Crippen LogP contribution in [0, 0.1) is 6.92 Å². The summed E-state index contributed by atoms with van der Waals surface area (Å²) in [4.78, 5) is 0. The van der Waals surface area contributed by atoms with Crippen LogP contribution in [0.2, 0.25) is 0 Å². The van der Waals surface area contributed by atoms with Gasteiger partial charge in [0.1, 0.15) is 36.9 Å². The topological polar surface area (TPSA) is 110 Å². The van der Waals surface area contributed by atoms with E-state index in [-0.39, 0.29) is 37.7 Å².